The largest absolute Gasteiger partial charge is 0.436 e. The molecule has 0 atom stereocenters. The highest BCUT2D eigenvalue weighted by Crippen LogP contribution is 2.35. The first kappa shape index (κ1) is 19.8. The van der Waals surface area contributed by atoms with E-state index in [4.69, 9.17) is 11.6 Å². The molecule has 0 aliphatic carbocycles. The molecule has 1 rings (SSSR count). The first-order valence-electron chi connectivity index (χ1n) is 7.49. The minimum Gasteiger partial charge on any atom is -0.354 e. The van der Waals surface area contributed by atoms with Crippen molar-refractivity contribution in [3.8, 4) is 0 Å². The number of nitrogens with zero attached hydrogens (tertiary/aromatic N) is 3. The Morgan fingerprint density at radius 2 is 1.96 bits per heavy atom. The van der Waals surface area contributed by atoms with Crippen LogP contribution in [0.15, 0.2) is 0 Å². The van der Waals surface area contributed by atoms with Crippen molar-refractivity contribution in [3.05, 3.63) is 16.4 Å². The number of amides is 1. The average Bonchev–Trinajstić information content (AvgIpc) is 2.76. The summed E-state index contributed by atoms with van der Waals surface area (Å²) >= 11 is 5.64. The van der Waals surface area contributed by atoms with Crippen molar-refractivity contribution < 1.29 is 18.0 Å². The van der Waals surface area contributed by atoms with Crippen molar-refractivity contribution in [1.29, 1.82) is 0 Å². The first-order chi connectivity index (χ1) is 10.7. The lowest BCUT2D eigenvalue weighted by Crippen LogP contribution is -2.32. The van der Waals surface area contributed by atoms with Crippen LogP contribution in [0.5, 0.6) is 0 Å². The highest BCUT2D eigenvalue weighted by molar-refractivity contribution is 6.32. The van der Waals surface area contributed by atoms with E-state index < -0.39 is 16.9 Å². The van der Waals surface area contributed by atoms with Crippen molar-refractivity contribution in [1.82, 2.24) is 20.0 Å². The second-order valence-corrected chi connectivity index (χ2v) is 5.51. The van der Waals surface area contributed by atoms with Crippen LogP contribution >= 0.6 is 11.6 Å². The molecule has 1 N–H and O–H groups in total. The van der Waals surface area contributed by atoms with Gasteiger partial charge in [0.15, 0.2) is 5.69 Å². The Balaban J connectivity index is 2.52. The molecule has 0 unspecified atom stereocenters. The second kappa shape index (κ2) is 8.54. The van der Waals surface area contributed by atoms with Gasteiger partial charge in [0.25, 0.3) is 0 Å². The maximum absolute atomic E-state index is 12.7. The zero-order chi connectivity index (χ0) is 17.6. The lowest BCUT2D eigenvalue weighted by molar-refractivity contribution is -0.141. The summed E-state index contributed by atoms with van der Waals surface area (Å²) in [6.07, 6.45) is -3.85. The van der Waals surface area contributed by atoms with Gasteiger partial charge in [-0.05, 0) is 33.0 Å². The third-order valence-electron chi connectivity index (χ3n) is 3.56. The molecule has 0 aliphatic rings. The summed E-state index contributed by atoms with van der Waals surface area (Å²) in [7, 11) is 0. The first-order valence-corrected chi connectivity index (χ1v) is 7.87. The van der Waals surface area contributed by atoms with E-state index >= 15 is 0 Å². The van der Waals surface area contributed by atoms with Crippen LogP contribution in [-0.4, -0.2) is 46.8 Å². The fourth-order valence-corrected chi connectivity index (χ4v) is 2.36. The lowest BCUT2D eigenvalue weighted by atomic mass is 10.3. The summed E-state index contributed by atoms with van der Waals surface area (Å²) in [6.45, 7) is 8.44. The third-order valence-corrected chi connectivity index (χ3v) is 4.02. The molecule has 132 valence electrons. The number of hydrogen-bond donors (Lipinski definition) is 1. The minimum atomic E-state index is -4.63. The standard InChI is InChI=1S/C14H22ClF3N4O/c1-4-21(5-2)8-6-7-19-11(23)9-22-10(3)12(15)13(20-22)14(16,17)18/h4-9H2,1-3H3,(H,19,23). The number of hydrogen-bond acceptors (Lipinski definition) is 3. The highest BCUT2D eigenvalue weighted by Gasteiger charge is 2.38. The topological polar surface area (TPSA) is 50.2 Å². The molecule has 1 amide bonds. The van der Waals surface area contributed by atoms with E-state index in [0.29, 0.717) is 6.54 Å². The molecular weight excluding hydrogens is 333 g/mol. The summed E-state index contributed by atoms with van der Waals surface area (Å²) in [5.41, 5.74) is -1.04. The van der Waals surface area contributed by atoms with E-state index in [0.717, 1.165) is 30.7 Å². The molecule has 0 fully saturated rings. The van der Waals surface area contributed by atoms with Gasteiger partial charge < -0.3 is 10.2 Å². The zero-order valence-electron chi connectivity index (χ0n) is 13.5. The summed E-state index contributed by atoms with van der Waals surface area (Å²) in [4.78, 5) is 14.0. The van der Waals surface area contributed by atoms with Crippen LogP contribution in [0, 0.1) is 6.92 Å². The highest BCUT2D eigenvalue weighted by atomic mass is 35.5. The summed E-state index contributed by atoms with van der Waals surface area (Å²) < 4.78 is 39.1. The number of halogens is 4. The van der Waals surface area contributed by atoms with Crippen LogP contribution in [0.25, 0.3) is 0 Å². The normalized spacial score (nSPS) is 12.0. The molecule has 0 bridgehead atoms. The number of alkyl halides is 3. The monoisotopic (exact) mass is 354 g/mol. The number of aromatic nitrogens is 2. The fourth-order valence-electron chi connectivity index (χ4n) is 2.12. The van der Waals surface area contributed by atoms with E-state index in [1.54, 1.807) is 0 Å². The van der Waals surface area contributed by atoms with Crippen LogP contribution in [0.3, 0.4) is 0 Å². The Morgan fingerprint density at radius 1 is 1.35 bits per heavy atom. The second-order valence-electron chi connectivity index (χ2n) is 5.13. The van der Waals surface area contributed by atoms with Crippen LogP contribution in [0.2, 0.25) is 5.02 Å². The van der Waals surface area contributed by atoms with Gasteiger partial charge >= 0.3 is 6.18 Å². The van der Waals surface area contributed by atoms with Crippen molar-refractivity contribution in [2.75, 3.05) is 26.2 Å². The average molecular weight is 355 g/mol. The van der Waals surface area contributed by atoms with Crippen LogP contribution in [0.1, 0.15) is 31.7 Å². The smallest absolute Gasteiger partial charge is 0.354 e. The van der Waals surface area contributed by atoms with E-state index in [-0.39, 0.29) is 18.1 Å². The quantitative estimate of drug-likeness (QED) is 0.730. The molecule has 0 spiro atoms. The number of carbonyl (C=O) groups is 1. The van der Waals surface area contributed by atoms with Gasteiger partial charge in [0.1, 0.15) is 6.54 Å². The lowest BCUT2D eigenvalue weighted by Gasteiger charge is -2.17. The zero-order valence-corrected chi connectivity index (χ0v) is 14.3. The molecule has 0 radical (unpaired) electrons. The van der Waals surface area contributed by atoms with Gasteiger partial charge in [-0.25, -0.2) is 0 Å². The molecule has 0 saturated heterocycles. The van der Waals surface area contributed by atoms with E-state index in [9.17, 15) is 18.0 Å². The van der Waals surface area contributed by atoms with Gasteiger partial charge in [-0.1, -0.05) is 25.4 Å². The molecule has 1 heterocycles. The Hall–Kier alpha value is -1.28. The Bertz CT molecular complexity index is 527. The molecule has 0 aliphatic heterocycles. The summed E-state index contributed by atoms with van der Waals surface area (Å²) in [5, 5.41) is 5.61. The number of nitrogens with one attached hydrogen (secondary N) is 1. The van der Waals surface area contributed by atoms with Gasteiger partial charge in [0, 0.05) is 6.54 Å². The summed E-state index contributed by atoms with van der Waals surface area (Å²) in [5.74, 6) is -0.388. The van der Waals surface area contributed by atoms with E-state index in [1.807, 2.05) is 0 Å². The predicted octanol–water partition coefficient (Wildman–Crippen LogP) is 2.71. The molecule has 23 heavy (non-hydrogen) atoms. The van der Waals surface area contributed by atoms with Gasteiger partial charge in [-0.15, -0.1) is 0 Å². The van der Waals surface area contributed by atoms with Crippen molar-refractivity contribution in [3.63, 3.8) is 0 Å². The number of carbonyl (C=O) groups excluding carboxylic acids is 1. The van der Waals surface area contributed by atoms with E-state index in [1.165, 1.54) is 6.92 Å². The Morgan fingerprint density at radius 3 is 2.43 bits per heavy atom. The van der Waals surface area contributed by atoms with Crippen LogP contribution in [0.4, 0.5) is 13.2 Å². The Labute approximate surface area is 138 Å². The number of rotatable bonds is 8. The molecule has 1 aromatic rings. The molecule has 0 aromatic carbocycles. The minimum absolute atomic E-state index is 0.122. The summed E-state index contributed by atoms with van der Waals surface area (Å²) in [6, 6.07) is 0. The molecule has 9 heteroatoms. The molecule has 1 aromatic heterocycles. The fraction of sp³-hybridized carbons (Fsp3) is 0.714. The molecule has 5 nitrogen and oxygen atoms in total. The maximum atomic E-state index is 12.7. The third kappa shape index (κ3) is 5.69. The van der Waals surface area contributed by atoms with Gasteiger partial charge in [0.05, 0.1) is 10.7 Å². The van der Waals surface area contributed by atoms with Gasteiger partial charge in [-0.3, -0.25) is 9.48 Å². The van der Waals surface area contributed by atoms with Crippen LogP contribution in [-0.2, 0) is 17.5 Å². The molecule has 0 saturated carbocycles. The maximum Gasteiger partial charge on any atom is 0.436 e. The van der Waals surface area contributed by atoms with Crippen molar-refractivity contribution >= 4 is 17.5 Å². The Kier molecular flexibility index (Phi) is 7.34. The predicted molar refractivity (Wildman–Crippen MR) is 82.4 cm³/mol. The van der Waals surface area contributed by atoms with Crippen molar-refractivity contribution in [2.45, 2.75) is 39.9 Å². The van der Waals surface area contributed by atoms with Crippen molar-refractivity contribution in [2.24, 2.45) is 0 Å². The molecular formula is C14H22ClF3N4O. The van der Waals surface area contributed by atoms with E-state index in [2.05, 4.69) is 29.2 Å². The van der Waals surface area contributed by atoms with Gasteiger partial charge in [-0.2, -0.15) is 18.3 Å². The van der Waals surface area contributed by atoms with Crippen LogP contribution < -0.4 is 5.32 Å². The van der Waals surface area contributed by atoms with Gasteiger partial charge in [0.2, 0.25) is 5.91 Å². The SMILES string of the molecule is CCN(CC)CCCNC(=O)Cn1nc(C(F)(F)F)c(Cl)c1C.